The van der Waals surface area contributed by atoms with Gasteiger partial charge in [0, 0.05) is 0 Å². The van der Waals surface area contributed by atoms with Crippen LogP contribution >= 0.6 is 0 Å². The van der Waals surface area contributed by atoms with Gasteiger partial charge in [0.1, 0.15) is 0 Å². The van der Waals surface area contributed by atoms with Crippen LogP contribution in [0.3, 0.4) is 0 Å². The van der Waals surface area contributed by atoms with Gasteiger partial charge in [0.2, 0.25) is 25.4 Å². The number of anilines is 1. The molecule has 5 aliphatic rings. The molecule has 8 heteroatoms. The molecule has 244 valence electrons. The number of imide groups is 1. The van der Waals surface area contributed by atoms with Crippen LogP contribution < -0.4 is 23.8 Å². The smallest absolute Gasteiger partial charge is 0.239 e. The van der Waals surface area contributed by atoms with Crippen molar-refractivity contribution in [3.8, 4) is 23.0 Å². The van der Waals surface area contributed by atoms with Gasteiger partial charge < -0.3 is 18.9 Å². The molecule has 0 aromatic heterocycles. The maximum Gasteiger partial charge on any atom is 0.239 e. The zero-order chi connectivity index (χ0) is 33.8. The van der Waals surface area contributed by atoms with E-state index in [1.807, 2.05) is 122 Å². The predicted octanol–water partition coefficient (Wildman–Crippen LogP) is 6.64. The van der Waals surface area contributed by atoms with Crippen molar-refractivity contribution in [1.82, 2.24) is 0 Å². The Balaban J connectivity index is 1.38. The van der Waals surface area contributed by atoms with E-state index < -0.39 is 34.5 Å². The standard InChI is InChI=1S/C42H29NO7/c1-24-10-8-9-15-29(24)43-38(44)36-37(39(43)45)42(28-13-6-3-7-14-28)35(26-17-19-31-33(21-26)50-23-48-31)34(25-16-18-30-32(20-25)49-22-47-30)41(36,40(42)46)27-11-4-2-5-12-27/h2-21,36-37H,22-23H2,1H3/t36-,37-,41-,42-/m0/s1. The lowest BCUT2D eigenvalue weighted by atomic mass is 9.59. The van der Waals surface area contributed by atoms with Gasteiger partial charge >= 0.3 is 0 Å². The summed E-state index contributed by atoms with van der Waals surface area (Å²) in [7, 11) is 0. The van der Waals surface area contributed by atoms with E-state index in [9.17, 15) is 0 Å². The van der Waals surface area contributed by atoms with Crippen LogP contribution in [0.2, 0.25) is 0 Å². The summed E-state index contributed by atoms with van der Waals surface area (Å²) in [5.41, 5.74) is 2.21. The molecule has 0 radical (unpaired) electrons. The fourth-order valence-corrected chi connectivity index (χ4v) is 9.28. The first-order chi connectivity index (χ1) is 24.5. The minimum atomic E-state index is -1.55. The molecule has 4 atom stereocenters. The van der Waals surface area contributed by atoms with Crippen LogP contribution in [-0.4, -0.2) is 31.2 Å². The largest absolute Gasteiger partial charge is 0.454 e. The van der Waals surface area contributed by atoms with Crippen LogP contribution in [0.15, 0.2) is 121 Å². The molecule has 0 spiro atoms. The fraction of sp³-hybridized carbons (Fsp3) is 0.167. The number of ether oxygens (including phenoxy) is 4. The summed E-state index contributed by atoms with van der Waals surface area (Å²) in [6, 6.07) is 37.6. The lowest BCUT2D eigenvalue weighted by molar-refractivity contribution is -0.130. The van der Waals surface area contributed by atoms with Crippen molar-refractivity contribution in [2.24, 2.45) is 11.8 Å². The molecular formula is C42H29NO7. The van der Waals surface area contributed by atoms with Gasteiger partial charge in [-0.1, -0.05) is 91.0 Å². The molecular weight excluding hydrogens is 630 g/mol. The van der Waals surface area contributed by atoms with Crippen molar-refractivity contribution in [3.05, 3.63) is 149 Å². The maximum atomic E-state index is 16.2. The molecule has 50 heavy (non-hydrogen) atoms. The lowest BCUT2D eigenvalue weighted by Crippen LogP contribution is -2.45. The van der Waals surface area contributed by atoms with Gasteiger partial charge in [-0.15, -0.1) is 0 Å². The average molecular weight is 660 g/mol. The first-order valence-electron chi connectivity index (χ1n) is 16.6. The Labute approximate surface area is 287 Å². The van der Waals surface area contributed by atoms with Gasteiger partial charge in [-0.3, -0.25) is 14.4 Å². The molecule has 5 aromatic carbocycles. The van der Waals surface area contributed by atoms with Gasteiger partial charge in [-0.25, -0.2) is 4.90 Å². The molecule has 0 N–H and O–H groups in total. The van der Waals surface area contributed by atoms with Crippen molar-refractivity contribution < 1.29 is 33.3 Å². The highest BCUT2D eigenvalue weighted by atomic mass is 16.7. The Morgan fingerprint density at radius 3 is 1.46 bits per heavy atom. The third-order valence-electron chi connectivity index (χ3n) is 11.1. The van der Waals surface area contributed by atoms with Crippen LogP contribution in [0, 0.1) is 18.8 Å². The Bertz CT molecular complexity index is 2190. The van der Waals surface area contributed by atoms with Gasteiger partial charge in [0.25, 0.3) is 0 Å². The molecule has 0 unspecified atom stereocenters. The summed E-state index contributed by atoms with van der Waals surface area (Å²) < 4.78 is 23.1. The van der Waals surface area contributed by atoms with Crippen LogP contribution in [0.1, 0.15) is 27.8 Å². The van der Waals surface area contributed by atoms with Crippen LogP contribution in [-0.2, 0) is 25.2 Å². The van der Waals surface area contributed by atoms with Crippen molar-refractivity contribution >= 4 is 34.4 Å². The molecule has 2 fully saturated rings. The second kappa shape index (κ2) is 10.2. The number of hydrogen-bond acceptors (Lipinski definition) is 7. The number of allylic oxidation sites excluding steroid dienone is 2. The number of ketones is 1. The highest BCUT2D eigenvalue weighted by Crippen LogP contribution is 2.74. The highest BCUT2D eigenvalue weighted by molar-refractivity contribution is 6.39. The van der Waals surface area contributed by atoms with Crippen molar-refractivity contribution in [1.29, 1.82) is 0 Å². The minimum absolute atomic E-state index is 0.0760. The number of fused-ring (bicyclic) bond motifs is 7. The second-order valence-corrected chi connectivity index (χ2v) is 13.3. The Hall–Kier alpha value is -6.15. The number of benzene rings is 5. The number of aryl methyl sites for hydroxylation is 1. The summed E-state index contributed by atoms with van der Waals surface area (Å²) in [6.45, 7) is 2.04. The zero-order valence-corrected chi connectivity index (χ0v) is 26.9. The third kappa shape index (κ3) is 3.42. The van der Waals surface area contributed by atoms with Crippen LogP contribution in [0.25, 0.3) is 11.1 Å². The van der Waals surface area contributed by atoms with E-state index >= 15 is 14.4 Å². The molecule has 1 saturated heterocycles. The predicted molar refractivity (Wildman–Crippen MR) is 184 cm³/mol. The minimum Gasteiger partial charge on any atom is -0.454 e. The first kappa shape index (κ1) is 28.8. The van der Waals surface area contributed by atoms with Crippen molar-refractivity contribution in [2.75, 3.05) is 18.5 Å². The van der Waals surface area contributed by atoms with Crippen LogP contribution in [0.5, 0.6) is 23.0 Å². The number of rotatable bonds is 5. The number of Topliss-reactive ketones (excluding diaryl/α,β-unsaturated/α-hetero) is 1. The van der Waals surface area contributed by atoms with E-state index in [-0.39, 0.29) is 19.4 Å². The Morgan fingerprint density at radius 2 is 0.980 bits per heavy atom. The molecule has 2 amide bonds. The van der Waals surface area contributed by atoms with Crippen molar-refractivity contribution in [2.45, 2.75) is 17.8 Å². The molecule has 2 bridgehead atoms. The van der Waals surface area contributed by atoms with E-state index in [4.69, 9.17) is 18.9 Å². The normalized spacial score (nSPS) is 25.5. The zero-order valence-electron chi connectivity index (χ0n) is 26.9. The fourth-order valence-electron chi connectivity index (χ4n) is 9.28. The number of carbonyl (C=O) groups excluding carboxylic acids is 3. The third-order valence-corrected chi connectivity index (χ3v) is 11.1. The molecule has 3 aliphatic heterocycles. The second-order valence-electron chi connectivity index (χ2n) is 13.3. The van der Waals surface area contributed by atoms with E-state index in [2.05, 4.69) is 0 Å². The van der Waals surface area contributed by atoms with E-state index in [1.165, 1.54) is 4.90 Å². The molecule has 3 heterocycles. The quantitative estimate of drug-likeness (QED) is 0.196. The van der Waals surface area contributed by atoms with Crippen molar-refractivity contribution in [3.63, 3.8) is 0 Å². The number of hydrogen-bond donors (Lipinski definition) is 0. The first-order valence-corrected chi connectivity index (χ1v) is 16.6. The van der Waals surface area contributed by atoms with Crippen LogP contribution in [0.4, 0.5) is 5.69 Å². The number of carbonyl (C=O) groups is 3. The summed E-state index contributed by atoms with van der Waals surface area (Å²) in [6.07, 6.45) is 0. The van der Waals surface area contributed by atoms with E-state index in [0.717, 1.165) is 5.56 Å². The highest BCUT2D eigenvalue weighted by Gasteiger charge is 2.83. The number of nitrogens with zero attached hydrogens (tertiary/aromatic N) is 1. The molecule has 10 rings (SSSR count). The average Bonchev–Trinajstić information content (AvgIpc) is 3.96. The molecule has 8 nitrogen and oxygen atoms in total. The topological polar surface area (TPSA) is 91.4 Å². The van der Waals surface area contributed by atoms with Gasteiger partial charge in [-0.2, -0.15) is 0 Å². The Kier molecular flexibility index (Phi) is 5.87. The van der Waals surface area contributed by atoms with E-state index in [0.29, 0.717) is 62.1 Å². The molecule has 2 aliphatic carbocycles. The van der Waals surface area contributed by atoms with Gasteiger partial charge in [-0.05, 0) is 76.2 Å². The van der Waals surface area contributed by atoms with Gasteiger partial charge in [0.05, 0.1) is 28.4 Å². The summed E-state index contributed by atoms with van der Waals surface area (Å²) in [5.74, 6) is -0.807. The summed E-state index contributed by atoms with van der Waals surface area (Å²) in [5, 5.41) is 0. The van der Waals surface area contributed by atoms with Gasteiger partial charge in [0.15, 0.2) is 28.8 Å². The van der Waals surface area contributed by atoms with E-state index in [1.54, 1.807) is 6.07 Å². The lowest BCUT2D eigenvalue weighted by Gasteiger charge is -2.39. The maximum absolute atomic E-state index is 16.2. The Morgan fingerprint density at radius 1 is 0.540 bits per heavy atom. The summed E-state index contributed by atoms with van der Waals surface area (Å²) >= 11 is 0. The molecule has 1 saturated carbocycles. The SMILES string of the molecule is Cc1ccccc1N1C(=O)[C@@H]2[C@@H](C1=O)[C@@]1(c3ccccc3)C(=O)[C@@]2(c2ccccc2)C(c2ccc3c(c2)OCO3)=C1c1ccc2c(c1)OCO2. The molecule has 5 aromatic rings. The monoisotopic (exact) mass is 659 g/mol. The number of para-hydroxylation sites is 1. The summed E-state index contributed by atoms with van der Waals surface area (Å²) in [4.78, 5) is 48.0. The number of amides is 2.